The fraction of sp³-hybridized carbons (Fsp3) is 0.0714. The van der Waals surface area contributed by atoms with Crippen molar-refractivity contribution in [1.82, 2.24) is 9.97 Å². The molecule has 0 aromatic carbocycles. The molecule has 4 nitrogen and oxygen atoms in total. The molecule has 0 spiro atoms. The van der Waals surface area contributed by atoms with Gasteiger partial charge in [-0.2, -0.15) is 0 Å². The Balaban J connectivity index is 1.81. The van der Waals surface area contributed by atoms with Gasteiger partial charge in [0.15, 0.2) is 0 Å². The molecule has 0 unspecified atom stereocenters. The molecular weight excluding hydrogens is 292 g/mol. The summed E-state index contributed by atoms with van der Waals surface area (Å²) in [5.41, 5.74) is 2.32. The van der Waals surface area contributed by atoms with Crippen LogP contribution in [0.25, 0.3) is 10.6 Å². The second-order valence-corrected chi connectivity index (χ2v) is 6.02. The van der Waals surface area contributed by atoms with Crippen molar-refractivity contribution in [1.29, 1.82) is 0 Å². The fourth-order valence-electron chi connectivity index (χ4n) is 1.76. The lowest BCUT2D eigenvalue weighted by molar-refractivity contribution is 0.0697. The van der Waals surface area contributed by atoms with Crippen LogP contribution in [0.5, 0.6) is 0 Å². The SMILES string of the molecule is O=C(O)c1csc(-c2csc(Cc3ccncc3)n2)c1. The zero-order valence-electron chi connectivity index (χ0n) is 10.3. The van der Waals surface area contributed by atoms with E-state index in [9.17, 15) is 4.79 Å². The second-order valence-electron chi connectivity index (χ2n) is 4.16. The van der Waals surface area contributed by atoms with Gasteiger partial charge in [0, 0.05) is 29.6 Å². The zero-order valence-corrected chi connectivity index (χ0v) is 11.9. The molecule has 0 saturated carbocycles. The third-order valence-corrected chi connectivity index (χ3v) is 4.56. The normalized spacial score (nSPS) is 10.6. The Hall–Kier alpha value is -2.05. The number of carboxylic acid groups (broad SMARTS) is 1. The first-order chi connectivity index (χ1) is 9.72. The summed E-state index contributed by atoms with van der Waals surface area (Å²) in [4.78, 5) is 20.3. The van der Waals surface area contributed by atoms with Crippen molar-refractivity contribution in [2.24, 2.45) is 0 Å². The van der Waals surface area contributed by atoms with Gasteiger partial charge in [-0.05, 0) is 23.8 Å². The van der Waals surface area contributed by atoms with Gasteiger partial charge in [0.05, 0.1) is 21.1 Å². The van der Waals surface area contributed by atoms with Crippen LogP contribution in [0.2, 0.25) is 0 Å². The molecule has 0 bridgehead atoms. The molecule has 0 radical (unpaired) electrons. The molecule has 3 rings (SSSR count). The van der Waals surface area contributed by atoms with Crippen LogP contribution in [0.1, 0.15) is 20.9 Å². The minimum Gasteiger partial charge on any atom is -0.478 e. The highest BCUT2D eigenvalue weighted by Gasteiger charge is 2.11. The number of carbonyl (C=O) groups is 1. The number of nitrogens with zero attached hydrogens (tertiary/aromatic N) is 2. The highest BCUT2D eigenvalue weighted by molar-refractivity contribution is 7.14. The van der Waals surface area contributed by atoms with Crippen molar-refractivity contribution >= 4 is 28.6 Å². The third kappa shape index (κ3) is 2.76. The lowest BCUT2D eigenvalue weighted by Gasteiger charge is -1.95. The Kier molecular flexibility index (Phi) is 3.58. The van der Waals surface area contributed by atoms with Crippen LogP contribution in [-0.2, 0) is 6.42 Å². The maximum atomic E-state index is 10.9. The largest absolute Gasteiger partial charge is 0.478 e. The highest BCUT2D eigenvalue weighted by Crippen LogP contribution is 2.29. The summed E-state index contributed by atoms with van der Waals surface area (Å²) in [6.45, 7) is 0. The van der Waals surface area contributed by atoms with Crippen LogP contribution >= 0.6 is 22.7 Å². The average molecular weight is 302 g/mol. The van der Waals surface area contributed by atoms with Crippen molar-refractivity contribution in [3.63, 3.8) is 0 Å². The van der Waals surface area contributed by atoms with Gasteiger partial charge in [-0.1, -0.05) is 0 Å². The van der Waals surface area contributed by atoms with Crippen LogP contribution < -0.4 is 0 Å². The van der Waals surface area contributed by atoms with E-state index >= 15 is 0 Å². The Labute approximate surface area is 123 Å². The van der Waals surface area contributed by atoms with E-state index in [0.29, 0.717) is 5.56 Å². The number of hydrogen-bond acceptors (Lipinski definition) is 5. The standard InChI is InChI=1S/C14H10N2O2S2/c17-14(18)10-6-12(19-7-10)11-8-20-13(16-11)5-9-1-3-15-4-2-9/h1-4,6-8H,5H2,(H,17,18). The predicted molar refractivity (Wildman–Crippen MR) is 79.4 cm³/mol. The highest BCUT2D eigenvalue weighted by atomic mass is 32.1. The molecule has 0 aliphatic rings. The number of rotatable bonds is 4. The first-order valence-electron chi connectivity index (χ1n) is 5.88. The summed E-state index contributed by atoms with van der Waals surface area (Å²) in [5, 5.41) is 13.5. The fourth-order valence-corrected chi connectivity index (χ4v) is 3.51. The Bertz CT molecular complexity index is 734. The molecule has 0 amide bonds. The summed E-state index contributed by atoms with van der Waals surface area (Å²) >= 11 is 2.99. The molecule has 0 fully saturated rings. The summed E-state index contributed by atoms with van der Waals surface area (Å²) in [6, 6.07) is 5.60. The molecule has 3 aromatic rings. The van der Waals surface area contributed by atoms with Gasteiger partial charge >= 0.3 is 5.97 Å². The molecule has 20 heavy (non-hydrogen) atoms. The van der Waals surface area contributed by atoms with Crippen molar-refractivity contribution < 1.29 is 9.90 Å². The van der Waals surface area contributed by atoms with E-state index in [1.807, 2.05) is 17.5 Å². The molecule has 100 valence electrons. The zero-order chi connectivity index (χ0) is 13.9. The van der Waals surface area contributed by atoms with Gasteiger partial charge in [-0.3, -0.25) is 4.98 Å². The van der Waals surface area contributed by atoms with E-state index < -0.39 is 5.97 Å². The summed E-state index contributed by atoms with van der Waals surface area (Å²) in [6.07, 6.45) is 4.30. The first kappa shape index (κ1) is 13.0. The smallest absolute Gasteiger partial charge is 0.336 e. The van der Waals surface area contributed by atoms with Gasteiger partial charge in [0.2, 0.25) is 0 Å². The van der Waals surface area contributed by atoms with Gasteiger partial charge in [0.1, 0.15) is 0 Å². The lowest BCUT2D eigenvalue weighted by Crippen LogP contribution is -1.91. The average Bonchev–Trinajstić information content (AvgIpc) is 3.08. The Morgan fingerprint density at radius 2 is 2.00 bits per heavy atom. The summed E-state index contributed by atoms with van der Waals surface area (Å²) in [7, 11) is 0. The summed E-state index contributed by atoms with van der Waals surface area (Å²) < 4.78 is 0. The van der Waals surface area contributed by atoms with E-state index in [2.05, 4.69) is 9.97 Å². The van der Waals surface area contributed by atoms with Crippen LogP contribution in [0.3, 0.4) is 0 Å². The number of aromatic carboxylic acids is 1. The quantitative estimate of drug-likeness (QED) is 0.800. The maximum Gasteiger partial charge on any atom is 0.336 e. The van der Waals surface area contributed by atoms with Crippen molar-refractivity contribution in [3.8, 4) is 10.6 Å². The van der Waals surface area contributed by atoms with Gasteiger partial charge in [-0.25, -0.2) is 9.78 Å². The predicted octanol–water partition coefficient (Wildman–Crippen LogP) is 3.56. The second kappa shape index (κ2) is 5.52. The lowest BCUT2D eigenvalue weighted by atomic mass is 10.2. The van der Waals surface area contributed by atoms with Gasteiger partial charge < -0.3 is 5.11 Å². The van der Waals surface area contributed by atoms with Gasteiger partial charge in [0.25, 0.3) is 0 Å². The molecule has 3 aromatic heterocycles. The van der Waals surface area contributed by atoms with E-state index in [1.54, 1.807) is 35.2 Å². The van der Waals surface area contributed by atoms with Crippen molar-refractivity contribution in [3.05, 3.63) is 57.5 Å². The number of hydrogen-bond donors (Lipinski definition) is 1. The van der Waals surface area contributed by atoms with Crippen molar-refractivity contribution in [2.45, 2.75) is 6.42 Å². The van der Waals surface area contributed by atoms with Gasteiger partial charge in [-0.15, -0.1) is 22.7 Å². The molecule has 0 saturated heterocycles. The van der Waals surface area contributed by atoms with Crippen LogP contribution in [0.15, 0.2) is 41.4 Å². The van der Waals surface area contributed by atoms with Crippen LogP contribution in [0.4, 0.5) is 0 Å². The minimum atomic E-state index is -0.903. The molecular formula is C14H10N2O2S2. The Morgan fingerprint density at radius 1 is 1.20 bits per heavy atom. The van der Waals surface area contributed by atoms with E-state index in [-0.39, 0.29) is 0 Å². The van der Waals surface area contributed by atoms with E-state index in [4.69, 9.17) is 5.11 Å². The monoisotopic (exact) mass is 302 g/mol. The minimum absolute atomic E-state index is 0.314. The Morgan fingerprint density at radius 3 is 2.70 bits per heavy atom. The number of aromatic nitrogens is 2. The number of thiophene rings is 1. The molecule has 0 aliphatic heterocycles. The number of pyridine rings is 1. The third-order valence-electron chi connectivity index (χ3n) is 2.76. The maximum absolute atomic E-state index is 10.9. The molecule has 3 heterocycles. The first-order valence-corrected chi connectivity index (χ1v) is 7.64. The molecule has 0 aliphatic carbocycles. The van der Waals surface area contributed by atoms with Crippen LogP contribution in [-0.4, -0.2) is 21.0 Å². The molecule has 0 atom stereocenters. The number of thiazole rings is 1. The van der Waals surface area contributed by atoms with E-state index in [0.717, 1.165) is 22.0 Å². The number of carboxylic acids is 1. The summed E-state index contributed by atoms with van der Waals surface area (Å²) in [5.74, 6) is -0.903. The molecule has 1 N–H and O–H groups in total. The topological polar surface area (TPSA) is 63.1 Å². The van der Waals surface area contributed by atoms with Crippen molar-refractivity contribution in [2.75, 3.05) is 0 Å². The molecule has 6 heteroatoms. The van der Waals surface area contributed by atoms with E-state index in [1.165, 1.54) is 16.9 Å². The van der Waals surface area contributed by atoms with Crippen LogP contribution in [0, 0.1) is 0 Å².